The summed E-state index contributed by atoms with van der Waals surface area (Å²) in [6.45, 7) is 7.88. The Kier molecular flexibility index (Phi) is 12.7. The first kappa shape index (κ1) is 32.8. The number of carbonyl (C=O) groups is 1. The fourth-order valence-corrected chi connectivity index (χ4v) is 4.05. The maximum absolute atomic E-state index is 11.4. The van der Waals surface area contributed by atoms with E-state index in [1.54, 1.807) is 24.3 Å². The molecule has 1 aliphatic rings. The van der Waals surface area contributed by atoms with Crippen LogP contribution in [0.4, 0.5) is 38.9 Å². The first-order chi connectivity index (χ1) is 20.4. The summed E-state index contributed by atoms with van der Waals surface area (Å²) >= 11 is 0. The van der Waals surface area contributed by atoms with E-state index in [0.29, 0.717) is 11.4 Å². The van der Waals surface area contributed by atoms with Gasteiger partial charge in [0.1, 0.15) is 0 Å². The molecule has 0 radical (unpaired) electrons. The van der Waals surface area contributed by atoms with E-state index in [1.807, 2.05) is 125 Å². The monoisotopic (exact) mass is 600 g/mol. The van der Waals surface area contributed by atoms with Crippen LogP contribution in [0, 0.1) is 0 Å². The van der Waals surface area contributed by atoms with Crippen molar-refractivity contribution in [1.82, 2.24) is 0 Å². The van der Waals surface area contributed by atoms with Gasteiger partial charge in [-0.15, -0.1) is 22.7 Å². The molecule has 8 heteroatoms. The third kappa shape index (κ3) is 10.9. The summed E-state index contributed by atoms with van der Waals surface area (Å²) in [4.78, 5) is 20.9. The normalized spacial score (nSPS) is 15.0. The molecule has 0 spiro atoms. The van der Waals surface area contributed by atoms with E-state index < -0.39 is 6.03 Å². The molecule has 0 unspecified atom stereocenters. The number of para-hydroxylation sites is 6. The van der Waals surface area contributed by atoms with E-state index in [2.05, 4.69) is 10.6 Å². The first-order valence-electron chi connectivity index (χ1n) is 13.5. The molecule has 0 aliphatic carbocycles. The van der Waals surface area contributed by atoms with Crippen molar-refractivity contribution >= 4 is 51.6 Å². The van der Waals surface area contributed by atoms with Gasteiger partial charge in [0.2, 0.25) is 0 Å². The molecule has 0 atom stereocenters. The molecule has 1 heterocycles. The molecule has 4 aromatic carbocycles. The van der Waals surface area contributed by atoms with Gasteiger partial charge in [0.25, 0.3) is 0 Å². The Hall–Kier alpha value is -4.72. The van der Waals surface area contributed by atoms with Crippen molar-refractivity contribution in [2.75, 3.05) is 0 Å². The number of aliphatic imine (C=N–C) groups is 2. The van der Waals surface area contributed by atoms with E-state index in [-0.39, 0.29) is 21.7 Å². The molecule has 0 N–H and O–H groups in total. The maximum atomic E-state index is 11.4. The average Bonchev–Trinajstić information content (AvgIpc) is 2.96. The third-order valence-electron chi connectivity index (χ3n) is 5.75. The van der Waals surface area contributed by atoms with Crippen molar-refractivity contribution in [2.24, 2.45) is 9.98 Å². The predicted octanol–water partition coefficient (Wildman–Crippen LogP) is 11.9. The molecule has 212 valence electrons. The summed E-state index contributed by atoms with van der Waals surface area (Å²) < 4.78 is 0. The van der Waals surface area contributed by atoms with Crippen LogP contribution in [0.15, 0.2) is 143 Å². The van der Waals surface area contributed by atoms with Crippen molar-refractivity contribution in [2.45, 2.75) is 27.7 Å². The molecule has 0 saturated heterocycles. The van der Waals surface area contributed by atoms with E-state index >= 15 is 0 Å². The van der Waals surface area contributed by atoms with Crippen molar-refractivity contribution in [3.05, 3.63) is 154 Å². The minimum atomic E-state index is -0.489. The number of nitrogens with zero attached hydrogens (tertiary/aromatic N) is 6. The number of benzene rings is 4. The fraction of sp³-hybridized carbons (Fsp3) is 0.114. The summed E-state index contributed by atoms with van der Waals surface area (Å²) in [6.07, 6.45) is 3.94. The molecule has 0 aromatic heterocycles. The average molecular weight is 601 g/mol. The molecule has 1 aliphatic heterocycles. The standard InChI is InChI=1S/C22H22N4.C13H11N2O.Ti/c1-15-13-16(2)24-21-11-7-8-12-22(21)26-18(4)14-17(3)25-20-10-6-5-9-19(20)23-15;16-13(14-11-7-3-1-4-8-11)15-12-9-5-2-6-10-12;/h5-14H,1-4H3;1-10H,(H-,14,15,16);/q-2;-1;+4/p-1/b15-13-,18-14-,24-16?,25-17?;;. The minimum absolute atomic E-state index is 0. The van der Waals surface area contributed by atoms with Crippen molar-refractivity contribution < 1.29 is 26.5 Å². The Morgan fingerprint density at radius 1 is 0.535 bits per heavy atom. The maximum Gasteiger partial charge on any atom is 4.00 e. The Bertz CT molecular complexity index is 1510. The molecule has 43 heavy (non-hydrogen) atoms. The van der Waals surface area contributed by atoms with E-state index in [1.165, 1.54) is 0 Å². The summed E-state index contributed by atoms with van der Waals surface area (Å²) in [6, 6.07) is 33.4. The number of carbonyl (C=O) groups excluding carboxylic acids is 1. The molecule has 0 saturated carbocycles. The third-order valence-corrected chi connectivity index (χ3v) is 5.75. The van der Waals surface area contributed by atoms with Crippen LogP contribution in [0.1, 0.15) is 27.7 Å². The number of amides is 2. The zero-order valence-electron chi connectivity index (χ0n) is 24.6. The second kappa shape index (κ2) is 16.7. The van der Waals surface area contributed by atoms with Gasteiger partial charge in [-0.05, 0) is 32.0 Å². The molecular formula is C35H32N6OTi. The summed E-state index contributed by atoms with van der Waals surface area (Å²) in [5, 5.41) is 17.1. The number of fused-ring (bicyclic) bond motifs is 2. The fourth-order valence-electron chi connectivity index (χ4n) is 4.05. The molecule has 7 nitrogen and oxygen atoms in total. The van der Waals surface area contributed by atoms with Gasteiger partial charge in [-0.2, -0.15) is 11.4 Å². The first-order valence-corrected chi connectivity index (χ1v) is 13.5. The minimum Gasteiger partial charge on any atom is -0.660 e. The van der Waals surface area contributed by atoms with Crippen LogP contribution in [0.25, 0.3) is 21.3 Å². The van der Waals surface area contributed by atoms with Gasteiger partial charge in [-0.25, -0.2) is 0 Å². The molecule has 0 bridgehead atoms. The van der Waals surface area contributed by atoms with Gasteiger partial charge in [0.15, 0.2) is 0 Å². The van der Waals surface area contributed by atoms with Crippen molar-refractivity contribution in [1.29, 1.82) is 0 Å². The predicted molar refractivity (Wildman–Crippen MR) is 176 cm³/mol. The van der Waals surface area contributed by atoms with Gasteiger partial charge in [0, 0.05) is 22.8 Å². The van der Waals surface area contributed by atoms with Crippen LogP contribution in [0.2, 0.25) is 0 Å². The smallest absolute Gasteiger partial charge is 0.660 e. The molecular weight excluding hydrogens is 568 g/mol. The largest absolute Gasteiger partial charge is 4.00 e. The quantitative estimate of drug-likeness (QED) is 0.210. The van der Waals surface area contributed by atoms with Crippen molar-refractivity contribution in [3.63, 3.8) is 0 Å². The Morgan fingerprint density at radius 3 is 1.28 bits per heavy atom. The topological polar surface area (TPSA) is 98.2 Å². The van der Waals surface area contributed by atoms with Gasteiger partial charge >= 0.3 is 21.7 Å². The van der Waals surface area contributed by atoms with E-state index in [0.717, 1.165) is 45.6 Å². The zero-order chi connectivity index (χ0) is 29.7. The van der Waals surface area contributed by atoms with Gasteiger partial charge in [-0.1, -0.05) is 123 Å². The number of allylic oxidation sites excluding steroid dienone is 4. The number of hydrogen-bond donors (Lipinski definition) is 0. The number of hydrogen-bond acceptors (Lipinski definition) is 3. The SMILES string of the molecule is CC1=Nc2ccccc2[N-]/C(C)=C\C(C)=Nc2ccccc2[N-]/C(C)=C\1.O=C([N-]c1ccccc1)[N-]c1ccccc1.[Ti+4]. The molecule has 5 rings (SSSR count). The number of urea groups is 1. The molecule has 0 fully saturated rings. The van der Waals surface area contributed by atoms with Gasteiger partial charge < -0.3 is 26.1 Å². The number of rotatable bonds is 2. The van der Waals surface area contributed by atoms with E-state index in [4.69, 9.17) is 20.6 Å². The van der Waals surface area contributed by atoms with Crippen LogP contribution < -0.4 is 0 Å². The van der Waals surface area contributed by atoms with Gasteiger partial charge in [-0.3, -0.25) is 9.98 Å². The summed E-state index contributed by atoms with van der Waals surface area (Å²) in [7, 11) is 0. The van der Waals surface area contributed by atoms with Gasteiger partial charge in [0.05, 0.1) is 0 Å². The van der Waals surface area contributed by atoms with E-state index in [9.17, 15) is 4.79 Å². The summed E-state index contributed by atoms with van der Waals surface area (Å²) in [5.41, 5.74) is 8.12. The molecule has 4 aromatic rings. The second-order valence-electron chi connectivity index (χ2n) is 9.46. The van der Waals surface area contributed by atoms with Crippen LogP contribution in [-0.2, 0) is 21.7 Å². The second-order valence-corrected chi connectivity index (χ2v) is 9.46. The van der Waals surface area contributed by atoms with Crippen LogP contribution in [0.5, 0.6) is 0 Å². The van der Waals surface area contributed by atoms with Crippen LogP contribution >= 0.6 is 0 Å². The summed E-state index contributed by atoms with van der Waals surface area (Å²) in [5.74, 6) is 0. The Morgan fingerprint density at radius 2 is 0.884 bits per heavy atom. The zero-order valence-corrected chi connectivity index (χ0v) is 26.2. The Balaban J connectivity index is 0.000000256. The van der Waals surface area contributed by atoms with Crippen LogP contribution in [0.3, 0.4) is 0 Å². The van der Waals surface area contributed by atoms with Crippen LogP contribution in [-0.4, -0.2) is 17.5 Å². The molecule has 2 amide bonds. The Labute approximate surface area is 268 Å². The van der Waals surface area contributed by atoms with Crippen molar-refractivity contribution in [3.8, 4) is 0 Å².